The van der Waals surface area contributed by atoms with E-state index in [2.05, 4.69) is 31.5 Å². The highest BCUT2D eigenvalue weighted by molar-refractivity contribution is 5.81. The summed E-state index contributed by atoms with van der Waals surface area (Å²) in [6.45, 7) is 4.61. The molecule has 0 spiro atoms. The van der Waals surface area contributed by atoms with Gasteiger partial charge in [-0.1, -0.05) is 19.3 Å². The number of rotatable bonds is 6. The molecule has 1 amide bonds. The lowest BCUT2D eigenvalue weighted by atomic mass is 10.1. The zero-order valence-corrected chi connectivity index (χ0v) is 18.3. The largest absolute Gasteiger partial charge is 0.468 e. The molecule has 4 rings (SSSR count). The van der Waals surface area contributed by atoms with Gasteiger partial charge in [0, 0.05) is 38.6 Å². The number of carbonyl (C=O) groups excluding carboxylic acids is 1. The van der Waals surface area contributed by atoms with Gasteiger partial charge in [-0.3, -0.25) is 14.7 Å². The fourth-order valence-electron chi connectivity index (χ4n) is 5.21. The number of carbonyl (C=O) groups is 1. The molecular formula is C23H37N5O2. The maximum absolute atomic E-state index is 12.7. The fourth-order valence-corrected chi connectivity index (χ4v) is 5.21. The standard InChI is InChI=1S/C23H37N5O2/c1-24-23(26-19-11-14-28(17-19)22(29)18-8-3-4-9-18)25-16-20(21-10-7-15-30-21)27-12-5-2-6-13-27/h7,10,15,18-20H,2-6,8-9,11-14,16-17H2,1H3,(H2,24,25,26). The van der Waals surface area contributed by atoms with Crippen molar-refractivity contribution in [2.75, 3.05) is 39.8 Å². The Labute approximate surface area is 180 Å². The van der Waals surface area contributed by atoms with Gasteiger partial charge in [0.15, 0.2) is 5.96 Å². The van der Waals surface area contributed by atoms with Crippen LogP contribution in [-0.4, -0.2) is 67.5 Å². The Morgan fingerprint density at radius 1 is 1.17 bits per heavy atom. The number of nitrogens with zero attached hydrogens (tertiary/aromatic N) is 3. The van der Waals surface area contributed by atoms with Gasteiger partial charge in [0.2, 0.25) is 5.91 Å². The molecule has 166 valence electrons. The Kier molecular flexibility index (Phi) is 7.31. The number of nitrogens with one attached hydrogen (secondary N) is 2. The number of guanidine groups is 1. The summed E-state index contributed by atoms with van der Waals surface area (Å²) in [7, 11) is 1.81. The van der Waals surface area contributed by atoms with E-state index in [1.165, 1.54) is 32.1 Å². The summed E-state index contributed by atoms with van der Waals surface area (Å²) >= 11 is 0. The van der Waals surface area contributed by atoms with E-state index in [4.69, 9.17) is 4.42 Å². The van der Waals surface area contributed by atoms with Gasteiger partial charge in [0.05, 0.1) is 12.3 Å². The van der Waals surface area contributed by atoms with Gasteiger partial charge in [-0.2, -0.15) is 0 Å². The molecular weight excluding hydrogens is 378 g/mol. The van der Waals surface area contributed by atoms with Crippen molar-refractivity contribution < 1.29 is 9.21 Å². The molecule has 1 aromatic rings. The topological polar surface area (TPSA) is 73.1 Å². The minimum Gasteiger partial charge on any atom is -0.468 e. The van der Waals surface area contributed by atoms with Crippen molar-refractivity contribution in [3.63, 3.8) is 0 Å². The van der Waals surface area contributed by atoms with Crippen molar-refractivity contribution >= 4 is 11.9 Å². The first-order chi connectivity index (χ1) is 14.7. The van der Waals surface area contributed by atoms with Crippen LogP contribution in [0.4, 0.5) is 0 Å². The van der Waals surface area contributed by atoms with Crippen molar-refractivity contribution in [1.29, 1.82) is 0 Å². The third kappa shape index (κ3) is 5.17. The van der Waals surface area contributed by atoms with Crippen molar-refractivity contribution in [2.24, 2.45) is 10.9 Å². The second-order valence-corrected chi connectivity index (χ2v) is 8.98. The first kappa shape index (κ1) is 21.2. The smallest absolute Gasteiger partial charge is 0.225 e. The summed E-state index contributed by atoms with van der Waals surface area (Å²) in [6, 6.07) is 4.51. The van der Waals surface area contributed by atoms with E-state index in [9.17, 15) is 4.79 Å². The third-order valence-corrected chi connectivity index (χ3v) is 6.93. The van der Waals surface area contributed by atoms with E-state index < -0.39 is 0 Å². The van der Waals surface area contributed by atoms with Crippen LogP contribution in [0.5, 0.6) is 0 Å². The summed E-state index contributed by atoms with van der Waals surface area (Å²) < 4.78 is 5.75. The number of amides is 1. The zero-order valence-electron chi connectivity index (χ0n) is 18.3. The van der Waals surface area contributed by atoms with Crippen LogP contribution in [-0.2, 0) is 4.79 Å². The summed E-state index contributed by atoms with van der Waals surface area (Å²) in [5, 5.41) is 7.06. The van der Waals surface area contributed by atoms with Gasteiger partial charge in [-0.25, -0.2) is 0 Å². The van der Waals surface area contributed by atoms with Gasteiger partial charge < -0.3 is 20.0 Å². The normalized spacial score (nSPS) is 24.9. The van der Waals surface area contributed by atoms with E-state index in [1.54, 1.807) is 6.26 Å². The minimum atomic E-state index is 0.211. The molecule has 0 aromatic carbocycles. The van der Waals surface area contributed by atoms with Crippen LogP contribution in [0.15, 0.2) is 27.8 Å². The SMILES string of the molecule is CN=C(NCC(c1ccco1)N1CCCCC1)NC1CCN(C(=O)C2CCCC2)C1. The van der Waals surface area contributed by atoms with E-state index >= 15 is 0 Å². The van der Waals surface area contributed by atoms with Crippen LogP contribution in [0, 0.1) is 5.92 Å². The molecule has 1 aromatic heterocycles. The molecule has 0 bridgehead atoms. The van der Waals surface area contributed by atoms with Crippen LogP contribution < -0.4 is 10.6 Å². The Balaban J connectivity index is 1.29. The molecule has 30 heavy (non-hydrogen) atoms. The summed E-state index contributed by atoms with van der Waals surface area (Å²) in [5.41, 5.74) is 0. The highest BCUT2D eigenvalue weighted by Crippen LogP contribution is 2.28. The second-order valence-electron chi connectivity index (χ2n) is 8.98. The highest BCUT2D eigenvalue weighted by atomic mass is 16.3. The molecule has 3 heterocycles. The van der Waals surface area contributed by atoms with Crippen LogP contribution >= 0.6 is 0 Å². The van der Waals surface area contributed by atoms with E-state index in [0.29, 0.717) is 5.91 Å². The molecule has 2 unspecified atom stereocenters. The number of hydrogen-bond donors (Lipinski definition) is 2. The van der Waals surface area contributed by atoms with Gasteiger partial charge in [0.25, 0.3) is 0 Å². The molecule has 7 nitrogen and oxygen atoms in total. The van der Waals surface area contributed by atoms with Crippen LogP contribution in [0.2, 0.25) is 0 Å². The molecule has 2 N–H and O–H groups in total. The second kappa shape index (κ2) is 10.3. The Bertz CT molecular complexity index is 692. The predicted octanol–water partition coefficient (Wildman–Crippen LogP) is 2.76. The Morgan fingerprint density at radius 3 is 2.67 bits per heavy atom. The summed E-state index contributed by atoms with van der Waals surface area (Å²) in [5.74, 6) is 2.44. The average Bonchev–Trinajstić information content (AvgIpc) is 3.56. The maximum Gasteiger partial charge on any atom is 0.225 e. The van der Waals surface area contributed by atoms with Gasteiger partial charge >= 0.3 is 0 Å². The highest BCUT2D eigenvalue weighted by Gasteiger charge is 2.32. The maximum atomic E-state index is 12.7. The zero-order chi connectivity index (χ0) is 20.8. The first-order valence-electron chi connectivity index (χ1n) is 11.8. The molecule has 2 atom stereocenters. The molecule has 1 saturated carbocycles. The average molecular weight is 416 g/mol. The quantitative estimate of drug-likeness (QED) is 0.552. The van der Waals surface area contributed by atoms with Crippen molar-refractivity contribution in [3.05, 3.63) is 24.2 Å². The molecule has 1 aliphatic carbocycles. The van der Waals surface area contributed by atoms with E-state index in [0.717, 1.165) is 63.7 Å². The molecule has 3 aliphatic rings. The predicted molar refractivity (Wildman–Crippen MR) is 118 cm³/mol. The van der Waals surface area contributed by atoms with Gasteiger partial charge in [-0.15, -0.1) is 0 Å². The number of likely N-dealkylation sites (tertiary alicyclic amines) is 2. The summed E-state index contributed by atoms with van der Waals surface area (Å²) in [6.07, 6.45) is 11.1. The first-order valence-corrected chi connectivity index (χ1v) is 11.8. The van der Waals surface area contributed by atoms with Crippen molar-refractivity contribution in [2.45, 2.75) is 63.5 Å². The monoisotopic (exact) mass is 415 g/mol. The number of hydrogen-bond acceptors (Lipinski definition) is 4. The van der Waals surface area contributed by atoms with Crippen molar-refractivity contribution in [3.8, 4) is 0 Å². The number of aliphatic imine (C=N–C) groups is 1. The van der Waals surface area contributed by atoms with E-state index in [1.807, 2.05) is 13.1 Å². The molecule has 2 saturated heterocycles. The van der Waals surface area contributed by atoms with Crippen LogP contribution in [0.3, 0.4) is 0 Å². The molecule has 0 radical (unpaired) electrons. The van der Waals surface area contributed by atoms with Crippen molar-refractivity contribution in [1.82, 2.24) is 20.4 Å². The third-order valence-electron chi connectivity index (χ3n) is 6.93. The Hall–Kier alpha value is -2.02. The van der Waals surface area contributed by atoms with Crippen LogP contribution in [0.1, 0.15) is 63.2 Å². The van der Waals surface area contributed by atoms with Gasteiger partial charge in [0.1, 0.15) is 5.76 Å². The Morgan fingerprint density at radius 2 is 1.97 bits per heavy atom. The number of furan rings is 1. The van der Waals surface area contributed by atoms with Crippen LogP contribution in [0.25, 0.3) is 0 Å². The minimum absolute atomic E-state index is 0.211. The molecule has 7 heteroatoms. The summed E-state index contributed by atoms with van der Waals surface area (Å²) in [4.78, 5) is 21.7. The fraction of sp³-hybridized carbons (Fsp3) is 0.739. The lowest BCUT2D eigenvalue weighted by Gasteiger charge is -2.34. The lowest BCUT2D eigenvalue weighted by molar-refractivity contribution is -0.134. The number of piperidine rings is 1. The molecule has 3 fully saturated rings. The van der Waals surface area contributed by atoms with E-state index in [-0.39, 0.29) is 18.0 Å². The molecule has 2 aliphatic heterocycles. The van der Waals surface area contributed by atoms with Gasteiger partial charge in [-0.05, 0) is 57.3 Å². The lowest BCUT2D eigenvalue weighted by Crippen LogP contribution is -2.48.